The van der Waals surface area contributed by atoms with Crippen molar-refractivity contribution >= 4 is 11.5 Å². The standard InChI is InChI=1S/C25H29NO4/c1-3-29-23-14-13-19(16-24(23)30-4-2)15-22(28)25-20(11-8-12-21(25)27)26-17-18-9-6-5-7-10-18/h5-7,9-10,13-14,16,28H,3-4,8,11-12,15,17H2,1-2H3. The van der Waals surface area contributed by atoms with Crippen molar-refractivity contribution in [3.63, 3.8) is 0 Å². The van der Waals surface area contributed by atoms with Gasteiger partial charge in [-0.15, -0.1) is 0 Å². The third-order valence-electron chi connectivity index (χ3n) is 4.95. The fraction of sp³-hybridized carbons (Fsp3) is 0.360. The largest absolute Gasteiger partial charge is 0.511 e. The van der Waals surface area contributed by atoms with Crippen LogP contribution in [0.3, 0.4) is 0 Å². The van der Waals surface area contributed by atoms with Crippen molar-refractivity contribution in [2.24, 2.45) is 4.99 Å². The van der Waals surface area contributed by atoms with E-state index in [1.807, 2.05) is 62.4 Å². The van der Waals surface area contributed by atoms with E-state index < -0.39 is 0 Å². The van der Waals surface area contributed by atoms with Gasteiger partial charge in [0.25, 0.3) is 0 Å². The van der Waals surface area contributed by atoms with E-state index in [9.17, 15) is 9.90 Å². The lowest BCUT2D eigenvalue weighted by Crippen LogP contribution is -2.22. The number of rotatable bonds is 8. The number of aliphatic imine (C=N–C) groups is 1. The van der Waals surface area contributed by atoms with E-state index in [2.05, 4.69) is 4.99 Å². The van der Waals surface area contributed by atoms with Crippen molar-refractivity contribution in [2.45, 2.75) is 46.1 Å². The predicted molar refractivity (Wildman–Crippen MR) is 119 cm³/mol. The molecule has 0 radical (unpaired) electrons. The third kappa shape index (κ3) is 5.50. The van der Waals surface area contributed by atoms with Gasteiger partial charge in [-0.25, -0.2) is 0 Å². The topological polar surface area (TPSA) is 68.1 Å². The molecule has 0 amide bonds. The Morgan fingerprint density at radius 3 is 2.43 bits per heavy atom. The molecule has 0 heterocycles. The van der Waals surface area contributed by atoms with E-state index in [0.29, 0.717) is 55.4 Å². The van der Waals surface area contributed by atoms with Crippen molar-refractivity contribution < 1.29 is 19.4 Å². The smallest absolute Gasteiger partial charge is 0.168 e. The van der Waals surface area contributed by atoms with Gasteiger partial charge in [-0.3, -0.25) is 9.79 Å². The Morgan fingerprint density at radius 2 is 1.70 bits per heavy atom. The van der Waals surface area contributed by atoms with Gasteiger partial charge in [0, 0.05) is 18.6 Å². The second-order valence-corrected chi connectivity index (χ2v) is 7.17. The molecule has 2 aromatic carbocycles. The zero-order chi connectivity index (χ0) is 21.3. The van der Waals surface area contributed by atoms with Crippen molar-refractivity contribution in [2.75, 3.05) is 13.2 Å². The van der Waals surface area contributed by atoms with Gasteiger partial charge in [0.1, 0.15) is 5.76 Å². The normalized spacial score (nSPS) is 17.1. The molecule has 5 heteroatoms. The molecule has 2 aromatic rings. The molecule has 0 aliphatic heterocycles. The molecule has 1 fully saturated rings. The summed E-state index contributed by atoms with van der Waals surface area (Å²) in [5, 5.41) is 10.9. The highest BCUT2D eigenvalue weighted by molar-refractivity contribution is 6.24. The highest BCUT2D eigenvalue weighted by atomic mass is 16.5. The molecule has 1 N–H and O–H groups in total. The summed E-state index contributed by atoms with van der Waals surface area (Å²) in [6.45, 7) is 5.40. The first-order valence-corrected chi connectivity index (χ1v) is 10.5. The molecule has 1 saturated carbocycles. The minimum absolute atomic E-state index is 0.0403. The van der Waals surface area contributed by atoms with Crippen LogP contribution in [0.15, 0.2) is 64.9 Å². The molecule has 0 atom stereocenters. The van der Waals surface area contributed by atoms with Gasteiger partial charge in [0.15, 0.2) is 17.3 Å². The van der Waals surface area contributed by atoms with Crippen LogP contribution in [0.25, 0.3) is 0 Å². The fourth-order valence-electron chi connectivity index (χ4n) is 3.57. The summed E-state index contributed by atoms with van der Waals surface area (Å²) in [6, 6.07) is 15.5. The maximum Gasteiger partial charge on any atom is 0.168 e. The van der Waals surface area contributed by atoms with Crippen LogP contribution in [0.2, 0.25) is 0 Å². The molecule has 0 spiro atoms. The highest BCUT2D eigenvalue weighted by Crippen LogP contribution is 2.30. The van der Waals surface area contributed by atoms with Crippen molar-refractivity contribution in [1.29, 1.82) is 0 Å². The quantitative estimate of drug-likeness (QED) is 0.480. The van der Waals surface area contributed by atoms with Gasteiger partial charge in [0.05, 0.1) is 25.3 Å². The summed E-state index contributed by atoms with van der Waals surface area (Å²) in [5.41, 5.74) is 3.01. The highest BCUT2D eigenvalue weighted by Gasteiger charge is 2.25. The Labute approximate surface area is 178 Å². The van der Waals surface area contributed by atoms with Gasteiger partial charge >= 0.3 is 0 Å². The number of Topliss-reactive ketones (excluding diaryl/α,β-unsaturated/α-hetero) is 1. The summed E-state index contributed by atoms with van der Waals surface area (Å²) in [5.74, 6) is 1.34. The van der Waals surface area contributed by atoms with Crippen LogP contribution in [0, 0.1) is 0 Å². The Kier molecular flexibility index (Phi) is 7.66. The molecular weight excluding hydrogens is 378 g/mol. The molecule has 0 unspecified atom stereocenters. The van der Waals surface area contributed by atoms with Crippen LogP contribution < -0.4 is 9.47 Å². The summed E-state index contributed by atoms with van der Waals surface area (Å²) in [6.07, 6.45) is 2.15. The number of hydrogen-bond donors (Lipinski definition) is 1. The first-order chi connectivity index (χ1) is 14.6. The van der Waals surface area contributed by atoms with Crippen LogP contribution >= 0.6 is 0 Å². The average Bonchev–Trinajstić information content (AvgIpc) is 2.75. The Bertz CT molecular complexity index is 931. The third-order valence-corrected chi connectivity index (χ3v) is 4.95. The van der Waals surface area contributed by atoms with Crippen LogP contribution in [0.1, 0.15) is 44.2 Å². The first kappa shape index (κ1) is 21.6. The molecule has 0 saturated heterocycles. The predicted octanol–water partition coefficient (Wildman–Crippen LogP) is 5.23. The van der Waals surface area contributed by atoms with E-state index >= 15 is 0 Å². The number of nitrogens with zero attached hydrogens (tertiary/aromatic N) is 1. The van der Waals surface area contributed by atoms with Crippen molar-refractivity contribution in [1.82, 2.24) is 0 Å². The lowest BCUT2D eigenvalue weighted by atomic mass is 9.89. The first-order valence-electron chi connectivity index (χ1n) is 10.5. The molecule has 1 aliphatic rings. The van der Waals surface area contributed by atoms with Crippen molar-refractivity contribution in [3.05, 3.63) is 71.0 Å². The maximum atomic E-state index is 12.6. The SMILES string of the molecule is CCOc1ccc(CC(O)=C2C(=O)CCCC2=NCc2ccccc2)cc1OCC. The van der Waals surface area contributed by atoms with Gasteiger partial charge in [0.2, 0.25) is 0 Å². The lowest BCUT2D eigenvalue weighted by Gasteiger charge is -2.18. The van der Waals surface area contributed by atoms with E-state index in [1.165, 1.54) is 0 Å². The van der Waals surface area contributed by atoms with Crippen molar-refractivity contribution in [3.8, 4) is 11.5 Å². The summed E-state index contributed by atoms with van der Waals surface area (Å²) >= 11 is 0. The van der Waals surface area contributed by atoms with Gasteiger partial charge < -0.3 is 14.6 Å². The molecule has 0 aromatic heterocycles. The molecule has 3 rings (SSSR count). The molecule has 0 bridgehead atoms. The van der Waals surface area contributed by atoms with Crippen LogP contribution in [-0.4, -0.2) is 29.8 Å². The fourth-order valence-corrected chi connectivity index (χ4v) is 3.57. The summed E-state index contributed by atoms with van der Waals surface area (Å²) in [7, 11) is 0. The number of ketones is 1. The van der Waals surface area contributed by atoms with Crippen LogP contribution in [-0.2, 0) is 17.8 Å². The number of ether oxygens (including phenoxy) is 2. The molecule has 1 aliphatic carbocycles. The van der Waals surface area contributed by atoms with E-state index in [0.717, 1.165) is 17.5 Å². The maximum absolute atomic E-state index is 12.6. The number of aliphatic hydroxyl groups is 1. The number of carbonyl (C=O) groups is 1. The minimum Gasteiger partial charge on any atom is -0.511 e. The average molecular weight is 408 g/mol. The summed E-state index contributed by atoms with van der Waals surface area (Å²) < 4.78 is 11.3. The van der Waals surface area contributed by atoms with Gasteiger partial charge in [-0.2, -0.15) is 0 Å². The van der Waals surface area contributed by atoms with Gasteiger partial charge in [-0.1, -0.05) is 36.4 Å². The molecule has 30 heavy (non-hydrogen) atoms. The zero-order valence-corrected chi connectivity index (χ0v) is 17.7. The Hall–Kier alpha value is -3.08. The van der Waals surface area contributed by atoms with Crippen LogP contribution in [0.4, 0.5) is 0 Å². The van der Waals surface area contributed by atoms with E-state index in [-0.39, 0.29) is 18.0 Å². The minimum atomic E-state index is -0.0403. The van der Waals surface area contributed by atoms with Gasteiger partial charge in [-0.05, 0) is 49.9 Å². The Morgan fingerprint density at radius 1 is 0.967 bits per heavy atom. The number of aliphatic hydroxyl groups excluding tert-OH is 1. The van der Waals surface area contributed by atoms with Crippen LogP contribution in [0.5, 0.6) is 11.5 Å². The van der Waals surface area contributed by atoms with E-state index in [1.54, 1.807) is 0 Å². The van der Waals surface area contributed by atoms with E-state index in [4.69, 9.17) is 9.47 Å². The monoisotopic (exact) mass is 407 g/mol. The number of hydrogen-bond acceptors (Lipinski definition) is 5. The second kappa shape index (κ2) is 10.6. The number of allylic oxidation sites excluding steroid dienone is 2. The number of carbonyl (C=O) groups excluding carboxylic acids is 1. The zero-order valence-electron chi connectivity index (χ0n) is 17.7. The number of benzene rings is 2. The Balaban J connectivity index is 1.86. The molecule has 158 valence electrons. The lowest BCUT2D eigenvalue weighted by molar-refractivity contribution is -0.115. The molecular formula is C25H29NO4. The summed E-state index contributed by atoms with van der Waals surface area (Å²) in [4.78, 5) is 17.3. The molecule has 5 nitrogen and oxygen atoms in total. The second-order valence-electron chi connectivity index (χ2n) is 7.17.